The van der Waals surface area contributed by atoms with E-state index in [1.54, 1.807) is 4.31 Å². The van der Waals surface area contributed by atoms with E-state index in [4.69, 9.17) is 0 Å². The molecule has 1 unspecified atom stereocenters. The summed E-state index contributed by atoms with van der Waals surface area (Å²) in [7, 11) is -3.00. The third-order valence-corrected chi connectivity index (χ3v) is 4.80. The van der Waals surface area contributed by atoms with Crippen molar-refractivity contribution in [2.24, 2.45) is 5.92 Å². The summed E-state index contributed by atoms with van der Waals surface area (Å²) in [5.41, 5.74) is 0. The molecule has 4 nitrogen and oxygen atoms in total. The van der Waals surface area contributed by atoms with E-state index in [1.165, 1.54) is 0 Å². The van der Waals surface area contributed by atoms with E-state index in [1.807, 2.05) is 13.8 Å². The van der Waals surface area contributed by atoms with Crippen LogP contribution in [0.5, 0.6) is 0 Å². The van der Waals surface area contributed by atoms with Gasteiger partial charge in [-0.05, 0) is 5.92 Å². The lowest BCUT2D eigenvalue weighted by Crippen LogP contribution is -2.47. The van der Waals surface area contributed by atoms with Crippen LogP contribution in [0.25, 0.3) is 0 Å². The molecular formula is C9H21ClN2O2S. The molecule has 1 rings (SSSR count). The number of sulfonamides is 1. The van der Waals surface area contributed by atoms with Crippen molar-refractivity contribution in [2.45, 2.75) is 20.3 Å². The molecule has 0 aromatic rings. The normalized spacial score (nSPS) is 20.7. The molecule has 0 aliphatic carbocycles. The van der Waals surface area contributed by atoms with Gasteiger partial charge in [0.1, 0.15) is 0 Å². The molecule has 1 fully saturated rings. The Morgan fingerprint density at radius 1 is 1.33 bits per heavy atom. The van der Waals surface area contributed by atoms with Gasteiger partial charge < -0.3 is 5.32 Å². The molecule has 1 heterocycles. The second-order valence-electron chi connectivity index (χ2n) is 3.94. The highest BCUT2D eigenvalue weighted by Gasteiger charge is 2.24. The molecule has 0 saturated carbocycles. The Balaban J connectivity index is 0.00000196. The molecule has 92 valence electrons. The van der Waals surface area contributed by atoms with Crippen molar-refractivity contribution in [1.29, 1.82) is 0 Å². The fourth-order valence-corrected chi connectivity index (χ4v) is 3.41. The van der Waals surface area contributed by atoms with E-state index in [9.17, 15) is 8.42 Å². The van der Waals surface area contributed by atoms with Crippen LogP contribution in [0.3, 0.4) is 0 Å². The van der Waals surface area contributed by atoms with Gasteiger partial charge >= 0.3 is 0 Å². The molecule has 15 heavy (non-hydrogen) atoms. The summed E-state index contributed by atoms with van der Waals surface area (Å²) in [6.45, 7) is 6.81. The molecule has 1 aliphatic heterocycles. The molecule has 1 N–H and O–H groups in total. The van der Waals surface area contributed by atoms with E-state index in [0.29, 0.717) is 18.8 Å². The number of nitrogens with zero attached hydrogens (tertiary/aromatic N) is 1. The Morgan fingerprint density at radius 3 is 2.33 bits per heavy atom. The van der Waals surface area contributed by atoms with Crippen LogP contribution < -0.4 is 5.32 Å². The third kappa shape index (κ3) is 4.68. The number of hydrogen-bond acceptors (Lipinski definition) is 3. The SMILES string of the molecule is CCC(C)CS(=O)(=O)N1CCNCC1.Cl. The average molecular weight is 257 g/mol. The number of halogens is 1. The molecule has 1 saturated heterocycles. The zero-order valence-corrected chi connectivity index (χ0v) is 11.0. The van der Waals surface area contributed by atoms with Gasteiger partial charge in [-0.3, -0.25) is 0 Å². The Labute approximate surface area is 98.9 Å². The molecule has 0 bridgehead atoms. The molecule has 1 atom stereocenters. The van der Waals surface area contributed by atoms with Gasteiger partial charge in [-0.25, -0.2) is 8.42 Å². The van der Waals surface area contributed by atoms with Gasteiger partial charge in [-0.2, -0.15) is 4.31 Å². The van der Waals surface area contributed by atoms with Gasteiger partial charge in [0.25, 0.3) is 0 Å². The standard InChI is InChI=1S/C9H20N2O2S.ClH/c1-3-9(2)8-14(12,13)11-6-4-10-5-7-11;/h9-10H,3-8H2,1-2H3;1H. The van der Waals surface area contributed by atoms with Crippen molar-refractivity contribution >= 4 is 22.4 Å². The Bertz CT molecular complexity index is 263. The van der Waals surface area contributed by atoms with E-state index in [2.05, 4.69) is 5.32 Å². The lowest BCUT2D eigenvalue weighted by Gasteiger charge is -2.27. The fraction of sp³-hybridized carbons (Fsp3) is 1.00. The predicted octanol–water partition coefficient (Wildman–Crippen LogP) is 0.689. The van der Waals surface area contributed by atoms with Crippen molar-refractivity contribution in [1.82, 2.24) is 9.62 Å². The Kier molecular flexibility index (Phi) is 6.75. The second-order valence-corrected chi connectivity index (χ2v) is 5.95. The average Bonchev–Trinajstić information content (AvgIpc) is 2.18. The van der Waals surface area contributed by atoms with Crippen LogP contribution >= 0.6 is 12.4 Å². The first-order chi connectivity index (χ1) is 6.56. The van der Waals surface area contributed by atoms with E-state index < -0.39 is 10.0 Å². The first-order valence-electron chi connectivity index (χ1n) is 5.25. The summed E-state index contributed by atoms with van der Waals surface area (Å²) < 4.78 is 25.3. The summed E-state index contributed by atoms with van der Waals surface area (Å²) in [5, 5.41) is 3.15. The minimum atomic E-state index is -3.00. The summed E-state index contributed by atoms with van der Waals surface area (Å²) in [4.78, 5) is 0. The minimum Gasteiger partial charge on any atom is -0.314 e. The Morgan fingerprint density at radius 2 is 1.87 bits per heavy atom. The first kappa shape index (κ1) is 15.2. The molecule has 0 aromatic heterocycles. The van der Waals surface area contributed by atoms with Crippen molar-refractivity contribution in [2.75, 3.05) is 31.9 Å². The van der Waals surface area contributed by atoms with Crippen molar-refractivity contribution < 1.29 is 8.42 Å². The number of nitrogens with one attached hydrogen (secondary N) is 1. The van der Waals surface area contributed by atoms with Crippen LogP contribution in [0.4, 0.5) is 0 Å². The Hall–Kier alpha value is 0.160. The van der Waals surface area contributed by atoms with Gasteiger partial charge in [-0.15, -0.1) is 12.4 Å². The zero-order valence-electron chi connectivity index (χ0n) is 9.40. The van der Waals surface area contributed by atoms with E-state index in [-0.39, 0.29) is 18.3 Å². The summed E-state index contributed by atoms with van der Waals surface area (Å²) in [6.07, 6.45) is 0.922. The molecule has 0 radical (unpaired) electrons. The molecule has 6 heteroatoms. The minimum absolute atomic E-state index is 0. The predicted molar refractivity (Wildman–Crippen MR) is 64.9 cm³/mol. The molecule has 1 aliphatic rings. The fourth-order valence-electron chi connectivity index (χ4n) is 1.51. The maximum absolute atomic E-state index is 11.9. The molecule has 0 amide bonds. The van der Waals surface area contributed by atoms with Crippen LogP contribution in [0.1, 0.15) is 20.3 Å². The van der Waals surface area contributed by atoms with Gasteiger partial charge in [0.05, 0.1) is 5.75 Å². The van der Waals surface area contributed by atoms with Gasteiger partial charge in [0.2, 0.25) is 10.0 Å². The van der Waals surface area contributed by atoms with Crippen molar-refractivity contribution in [3.8, 4) is 0 Å². The highest BCUT2D eigenvalue weighted by Crippen LogP contribution is 2.10. The number of rotatable bonds is 4. The third-order valence-electron chi connectivity index (χ3n) is 2.66. The maximum Gasteiger partial charge on any atom is 0.214 e. The van der Waals surface area contributed by atoms with Crippen LogP contribution in [-0.4, -0.2) is 44.7 Å². The van der Waals surface area contributed by atoms with Crippen LogP contribution in [-0.2, 0) is 10.0 Å². The first-order valence-corrected chi connectivity index (χ1v) is 6.85. The van der Waals surface area contributed by atoms with Gasteiger partial charge in [-0.1, -0.05) is 20.3 Å². The monoisotopic (exact) mass is 256 g/mol. The van der Waals surface area contributed by atoms with Gasteiger partial charge in [0, 0.05) is 26.2 Å². The molecular weight excluding hydrogens is 236 g/mol. The second kappa shape index (κ2) is 6.68. The summed E-state index contributed by atoms with van der Waals surface area (Å²) in [6, 6.07) is 0. The highest BCUT2D eigenvalue weighted by molar-refractivity contribution is 7.89. The largest absolute Gasteiger partial charge is 0.314 e. The smallest absolute Gasteiger partial charge is 0.214 e. The van der Waals surface area contributed by atoms with Crippen LogP contribution in [0, 0.1) is 5.92 Å². The topological polar surface area (TPSA) is 49.4 Å². The lowest BCUT2D eigenvalue weighted by molar-refractivity contribution is 0.357. The van der Waals surface area contributed by atoms with Crippen molar-refractivity contribution in [3.05, 3.63) is 0 Å². The molecule has 0 spiro atoms. The van der Waals surface area contributed by atoms with E-state index in [0.717, 1.165) is 19.5 Å². The van der Waals surface area contributed by atoms with Gasteiger partial charge in [0.15, 0.2) is 0 Å². The van der Waals surface area contributed by atoms with Crippen LogP contribution in [0.2, 0.25) is 0 Å². The lowest BCUT2D eigenvalue weighted by atomic mass is 10.2. The quantitative estimate of drug-likeness (QED) is 0.805. The van der Waals surface area contributed by atoms with E-state index >= 15 is 0 Å². The maximum atomic E-state index is 11.9. The highest BCUT2D eigenvalue weighted by atomic mass is 35.5. The van der Waals surface area contributed by atoms with Crippen LogP contribution in [0.15, 0.2) is 0 Å². The summed E-state index contributed by atoms with van der Waals surface area (Å²) in [5.74, 6) is 0.554. The summed E-state index contributed by atoms with van der Waals surface area (Å²) >= 11 is 0. The molecule has 0 aromatic carbocycles. The number of hydrogen-bond donors (Lipinski definition) is 1. The zero-order chi connectivity index (χ0) is 10.6. The number of piperazine rings is 1. The van der Waals surface area contributed by atoms with Crippen molar-refractivity contribution in [3.63, 3.8) is 0 Å².